The maximum Gasteiger partial charge on any atom is 0.156 e. The topological polar surface area (TPSA) is 59.9 Å². The maximum absolute atomic E-state index is 11.5. The lowest BCUT2D eigenvalue weighted by Crippen LogP contribution is -2.14. The highest BCUT2D eigenvalue weighted by Crippen LogP contribution is 2.06. The summed E-state index contributed by atoms with van der Waals surface area (Å²) in [4.78, 5) is 7.61. The van der Waals surface area contributed by atoms with E-state index in [2.05, 4.69) is 9.97 Å². The predicted molar refractivity (Wildman–Crippen MR) is 54.4 cm³/mol. The first-order valence-electron chi connectivity index (χ1n) is 4.45. The Labute approximate surface area is 84.3 Å². The van der Waals surface area contributed by atoms with Crippen LogP contribution in [0.15, 0.2) is 18.6 Å². The van der Waals surface area contributed by atoms with Gasteiger partial charge in [0.1, 0.15) is 6.33 Å². The van der Waals surface area contributed by atoms with E-state index < -0.39 is 9.84 Å². The second-order valence-corrected chi connectivity index (χ2v) is 5.76. The SMILES string of the molecule is CC(C)CS(=O)(=O)Cc1ccncn1. The standard InChI is InChI=1S/C9H14N2O2S/c1-8(2)5-14(12,13)6-9-3-4-10-7-11-9/h3-4,7-8H,5-6H2,1-2H3. The van der Waals surface area contributed by atoms with Crippen molar-refractivity contribution in [3.05, 3.63) is 24.3 Å². The Morgan fingerprint density at radius 1 is 1.43 bits per heavy atom. The molecule has 1 rings (SSSR count). The molecule has 4 nitrogen and oxygen atoms in total. The van der Waals surface area contributed by atoms with Crippen molar-refractivity contribution in [3.63, 3.8) is 0 Å². The van der Waals surface area contributed by atoms with Crippen molar-refractivity contribution in [1.82, 2.24) is 9.97 Å². The molecule has 0 aliphatic carbocycles. The van der Waals surface area contributed by atoms with Gasteiger partial charge in [-0.2, -0.15) is 0 Å². The van der Waals surface area contributed by atoms with Crippen molar-refractivity contribution in [2.24, 2.45) is 5.92 Å². The quantitative estimate of drug-likeness (QED) is 0.751. The summed E-state index contributed by atoms with van der Waals surface area (Å²) in [5.74, 6) is 0.367. The summed E-state index contributed by atoms with van der Waals surface area (Å²) in [5.41, 5.74) is 0.556. The van der Waals surface area contributed by atoms with E-state index >= 15 is 0 Å². The van der Waals surface area contributed by atoms with Crippen molar-refractivity contribution in [1.29, 1.82) is 0 Å². The van der Waals surface area contributed by atoms with Gasteiger partial charge in [0.15, 0.2) is 9.84 Å². The highest BCUT2D eigenvalue weighted by Gasteiger charge is 2.14. The van der Waals surface area contributed by atoms with Crippen LogP contribution in [-0.4, -0.2) is 24.1 Å². The summed E-state index contributed by atoms with van der Waals surface area (Å²) >= 11 is 0. The van der Waals surface area contributed by atoms with Crippen molar-refractivity contribution in [2.45, 2.75) is 19.6 Å². The number of nitrogens with zero attached hydrogens (tertiary/aromatic N) is 2. The van der Waals surface area contributed by atoms with Crippen LogP contribution >= 0.6 is 0 Å². The molecule has 0 aliphatic heterocycles. The van der Waals surface area contributed by atoms with Crippen LogP contribution in [-0.2, 0) is 15.6 Å². The minimum Gasteiger partial charge on any atom is -0.245 e. The molecule has 0 aliphatic rings. The summed E-state index contributed by atoms with van der Waals surface area (Å²) in [6.07, 6.45) is 2.91. The second kappa shape index (κ2) is 4.50. The molecule has 0 fully saturated rings. The number of rotatable bonds is 4. The molecule has 0 radical (unpaired) electrons. The Morgan fingerprint density at radius 3 is 2.64 bits per heavy atom. The van der Waals surface area contributed by atoms with Gasteiger partial charge in [-0.25, -0.2) is 18.4 Å². The third-order valence-corrected chi connectivity index (χ3v) is 3.51. The smallest absolute Gasteiger partial charge is 0.156 e. The van der Waals surface area contributed by atoms with Crippen LogP contribution in [0, 0.1) is 5.92 Å². The Balaban J connectivity index is 2.70. The van der Waals surface area contributed by atoms with Gasteiger partial charge in [-0.05, 0) is 12.0 Å². The zero-order valence-electron chi connectivity index (χ0n) is 8.34. The summed E-state index contributed by atoms with van der Waals surface area (Å²) in [6, 6.07) is 1.62. The van der Waals surface area contributed by atoms with Gasteiger partial charge >= 0.3 is 0 Å². The highest BCUT2D eigenvalue weighted by atomic mass is 32.2. The molecule has 78 valence electrons. The number of aromatic nitrogens is 2. The first-order valence-corrected chi connectivity index (χ1v) is 6.27. The van der Waals surface area contributed by atoms with Crippen LogP contribution in [0.5, 0.6) is 0 Å². The highest BCUT2D eigenvalue weighted by molar-refractivity contribution is 7.90. The van der Waals surface area contributed by atoms with E-state index in [1.54, 1.807) is 12.3 Å². The van der Waals surface area contributed by atoms with Gasteiger partial charge in [0, 0.05) is 6.20 Å². The van der Waals surface area contributed by atoms with E-state index in [0.29, 0.717) is 5.69 Å². The molecule has 0 spiro atoms. The second-order valence-electron chi connectivity index (χ2n) is 3.65. The maximum atomic E-state index is 11.5. The Hall–Kier alpha value is -0.970. The monoisotopic (exact) mass is 214 g/mol. The molecular formula is C9H14N2O2S. The Kier molecular flexibility index (Phi) is 3.57. The number of hydrogen-bond acceptors (Lipinski definition) is 4. The van der Waals surface area contributed by atoms with Crippen LogP contribution in [0.3, 0.4) is 0 Å². The van der Waals surface area contributed by atoms with Crippen molar-refractivity contribution in [2.75, 3.05) is 5.75 Å². The molecule has 0 N–H and O–H groups in total. The summed E-state index contributed by atoms with van der Waals surface area (Å²) in [6.45, 7) is 3.77. The molecule has 5 heteroatoms. The third kappa shape index (κ3) is 3.83. The average molecular weight is 214 g/mol. The van der Waals surface area contributed by atoms with Gasteiger partial charge in [-0.1, -0.05) is 13.8 Å². The molecule has 0 saturated carbocycles. The van der Waals surface area contributed by atoms with Crippen LogP contribution < -0.4 is 0 Å². The molecule has 1 heterocycles. The van der Waals surface area contributed by atoms with Gasteiger partial charge in [-0.15, -0.1) is 0 Å². The van der Waals surface area contributed by atoms with Gasteiger partial charge in [0.2, 0.25) is 0 Å². The van der Waals surface area contributed by atoms with Crippen LogP contribution in [0.1, 0.15) is 19.5 Å². The van der Waals surface area contributed by atoms with Gasteiger partial charge in [-0.3, -0.25) is 0 Å². The summed E-state index contributed by atoms with van der Waals surface area (Å²) in [5, 5.41) is 0. The minimum absolute atomic E-state index is 0.00764. The fourth-order valence-electron chi connectivity index (χ4n) is 1.20. The van der Waals surface area contributed by atoms with Gasteiger partial charge in [0.25, 0.3) is 0 Å². The lowest BCUT2D eigenvalue weighted by molar-refractivity contribution is 0.581. The van der Waals surface area contributed by atoms with E-state index in [0.717, 1.165) is 0 Å². The van der Waals surface area contributed by atoms with E-state index in [1.807, 2.05) is 13.8 Å². The molecule has 0 saturated heterocycles. The number of sulfone groups is 1. The average Bonchev–Trinajstić information content (AvgIpc) is 2.02. The van der Waals surface area contributed by atoms with Crippen LogP contribution in [0.2, 0.25) is 0 Å². The van der Waals surface area contributed by atoms with Crippen molar-refractivity contribution >= 4 is 9.84 Å². The van der Waals surface area contributed by atoms with E-state index in [1.165, 1.54) is 6.33 Å². The first-order chi connectivity index (χ1) is 6.49. The van der Waals surface area contributed by atoms with E-state index in [4.69, 9.17) is 0 Å². The Morgan fingerprint density at radius 2 is 2.14 bits per heavy atom. The fraction of sp³-hybridized carbons (Fsp3) is 0.556. The molecule has 0 amide bonds. The van der Waals surface area contributed by atoms with Crippen LogP contribution in [0.4, 0.5) is 0 Å². The molecule has 1 aromatic heterocycles. The molecule has 0 aromatic carbocycles. The van der Waals surface area contributed by atoms with Crippen molar-refractivity contribution in [3.8, 4) is 0 Å². The van der Waals surface area contributed by atoms with Gasteiger partial charge < -0.3 is 0 Å². The molecule has 0 unspecified atom stereocenters. The third-order valence-electron chi connectivity index (χ3n) is 1.60. The molecular weight excluding hydrogens is 200 g/mol. The van der Waals surface area contributed by atoms with E-state index in [9.17, 15) is 8.42 Å². The normalized spacial score (nSPS) is 11.9. The zero-order chi connectivity index (χ0) is 10.6. The molecule has 0 atom stereocenters. The predicted octanol–water partition coefficient (Wildman–Crippen LogP) is 1.05. The lowest BCUT2D eigenvalue weighted by Gasteiger charge is -2.05. The lowest BCUT2D eigenvalue weighted by atomic mass is 10.3. The largest absolute Gasteiger partial charge is 0.245 e. The molecule has 1 aromatic rings. The number of hydrogen-bond donors (Lipinski definition) is 0. The fourth-order valence-corrected chi connectivity index (χ4v) is 2.95. The molecule has 14 heavy (non-hydrogen) atoms. The first kappa shape index (κ1) is 11.1. The minimum atomic E-state index is -3.02. The van der Waals surface area contributed by atoms with Crippen molar-refractivity contribution < 1.29 is 8.42 Å². The van der Waals surface area contributed by atoms with Crippen LogP contribution in [0.25, 0.3) is 0 Å². The summed E-state index contributed by atoms with van der Waals surface area (Å²) < 4.78 is 23.1. The molecule has 0 bridgehead atoms. The Bertz CT molecular complexity index is 373. The van der Waals surface area contributed by atoms with Gasteiger partial charge in [0.05, 0.1) is 17.2 Å². The summed E-state index contributed by atoms with van der Waals surface area (Å²) in [7, 11) is -3.02. The zero-order valence-corrected chi connectivity index (χ0v) is 9.16. The van der Waals surface area contributed by atoms with E-state index in [-0.39, 0.29) is 17.4 Å².